The van der Waals surface area contributed by atoms with Gasteiger partial charge in [-0.3, -0.25) is 4.79 Å². The third-order valence-electron chi connectivity index (χ3n) is 5.82. The Morgan fingerprint density at radius 1 is 1.29 bits per heavy atom. The lowest BCUT2D eigenvalue weighted by molar-refractivity contribution is -0.122. The maximum Gasteiger partial charge on any atom is 0.220 e. The lowest BCUT2D eigenvalue weighted by Crippen LogP contribution is -2.36. The zero-order valence-electron chi connectivity index (χ0n) is 18.9. The van der Waals surface area contributed by atoms with Crippen LogP contribution in [-0.2, 0) is 4.79 Å². The van der Waals surface area contributed by atoms with Gasteiger partial charge in [-0.15, -0.1) is 0 Å². The van der Waals surface area contributed by atoms with Gasteiger partial charge in [-0.05, 0) is 56.2 Å². The summed E-state index contributed by atoms with van der Waals surface area (Å²) in [5, 5.41) is 6.45. The van der Waals surface area contributed by atoms with Crippen LogP contribution in [0.15, 0.2) is 36.7 Å². The highest BCUT2D eigenvalue weighted by Crippen LogP contribution is 2.26. The Morgan fingerprint density at radius 2 is 2.10 bits per heavy atom. The highest BCUT2D eigenvalue weighted by molar-refractivity contribution is 5.76. The molecule has 0 aliphatic carbocycles. The topological polar surface area (TPSA) is 79.4 Å². The van der Waals surface area contributed by atoms with Crippen molar-refractivity contribution in [1.82, 2.24) is 15.3 Å². The predicted molar refractivity (Wildman–Crippen MR) is 125 cm³/mol. The summed E-state index contributed by atoms with van der Waals surface area (Å²) in [6.07, 6.45) is 6.41. The summed E-state index contributed by atoms with van der Waals surface area (Å²) in [4.78, 5) is 23.6. The molecule has 3 rings (SSSR count). The molecule has 0 bridgehead atoms. The maximum absolute atomic E-state index is 12.5. The van der Waals surface area contributed by atoms with Crippen molar-refractivity contribution in [2.75, 3.05) is 37.0 Å². The third-order valence-corrected chi connectivity index (χ3v) is 5.82. The fraction of sp³-hybridized carbons (Fsp3) is 0.542. The molecular formula is C24H35N5O2. The zero-order chi connectivity index (χ0) is 22.1. The molecule has 7 nitrogen and oxygen atoms in total. The number of ether oxygens (including phenoxy) is 1. The molecule has 0 unspecified atom stereocenters. The summed E-state index contributed by atoms with van der Waals surface area (Å²) >= 11 is 0. The lowest BCUT2D eigenvalue weighted by Gasteiger charge is -2.33. The number of methoxy groups -OCH3 is 1. The van der Waals surface area contributed by atoms with Crippen LogP contribution < -0.4 is 20.3 Å². The monoisotopic (exact) mass is 425 g/mol. The molecule has 0 saturated carbocycles. The minimum atomic E-state index is -0.0173. The first-order valence-electron chi connectivity index (χ1n) is 11.3. The van der Waals surface area contributed by atoms with Crippen LogP contribution in [0.5, 0.6) is 5.75 Å². The van der Waals surface area contributed by atoms with Crippen LogP contribution in [0.4, 0.5) is 11.6 Å². The smallest absolute Gasteiger partial charge is 0.220 e. The number of rotatable bonds is 10. The van der Waals surface area contributed by atoms with Crippen molar-refractivity contribution in [2.24, 2.45) is 5.92 Å². The van der Waals surface area contributed by atoms with Gasteiger partial charge in [0.1, 0.15) is 23.7 Å². The number of carbonyl (C=O) groups is 1. The molecule has 7 heteroatoms. The van der Waals surface area contributed by atoms with Gasteiger partial charge in [0.15, 0.2) is 0 Å². The van der Waals surface area contributed by atoms with Crippen molar-refractivity contribution >= 4 is 17.5 Å². The number of nitrogens with zero attached hydrogens (tertiary/aromatic N) is 3. The number of hydrogen-bond donors (Lipinski definition) is 2. The van der Waals surface area contributed by atoms with Crippen LogP contribution in [0.3, 0.4) is 0 Å². The average molecular weight is 426 g/mol. The van der Waals surface area contributed by atoms with Crippen LogP contribution in [-0.4, -0.2) is 42.6 Å². The predicted octanol–water partition coefficient (Wildman–Crippen LogP) is 4.18. The first-order valence-corrected chi connectivity index (χ1v) is 11.3. The normalized spacial score (nSPS) is 17.1. The van der Waals surface area contributed by atoms with Crippen LogP contribution in [0.25, 0.3) is 0 Å². The van der Waals surface area contributed by atoms with Crippen molar-refractivity contribution in [2.45, 2.75) is 52.0 Å². The molecule has 1 amide bonds. The molecule has 168 valence electrons. The number of anilines is 2. The summed E-state index contributed by atoms with van der Waals surface area (Å²) < 4.78 is 5.20. The van der Waals surface area contributed by atoms with Gasteiger partial charge in [-0.25, -0.2) is 9.97 Å². The van der Waals surface area contributed by atoms with Crippen LogP contribution in [0.2, 0.25) is 0 Å². The van der Waals surface area contributed by atoms with E-state index in [-0.39, 0.29) is 11.9 Å². The van der Waals surface area contributed by atoms with E-state index in [2.05, 4.69) is 32.4 Å². The number of benzene rings is 1. The molecule has 0 spiro atoms. The van der Waals surface area contributed by atoms with Crippen molar-refractivity contribution in [3.63, 3.8) is 0 Å². The van der Waals surface area contributed by atoms with Crippen LogP contribution in [0, 0.1) is 5.92 Å². The largest absolute Gasteiger partial charge is 0.497 e. The lowest BCUT2D eigenvalue weighted by atomic mass is 9.93. The van der Waals surface area contributed by atoms with Crippen LogP contribution >= 0.6 is 0 Å². The van der Waals surface area contributed by atoms with Crippen molar-refractivity contribution < 1.29 is 9.53 Å². The second kappa shape index (κ2) is 11.5. The van der Waals surface area contributed by atoms with E-state index in [1.54, 1.807) is 13.4 Å². The Morgan fingerprint density at radius 3 is 2.84 bits per heavy atom. The second-order valence-corrected chi connectivity index (χ2v) is 8.24. The third kappa shape index (κ3) is 6.84. The molecule has 1 saturated heterocycles. The Kier molecular flexibility index (Phi) is 8.50. The summed E-state index contributed by atoms with van der Waals surface area (Å²) in [6, 6.07) is 9.84. The van der Waals surface area contributed by atoms with Crippen molar-refractivity contribution in [1.29, 1.82) is 0 Å². The number of hydrogen-bond acceptors (Lipinski definition) is 6. The molecule has 1 aromatic carbocycles. The fourth-order valence-corrected chi connectivity index (χ4v) is 4.00. The van der Waals surface area contributed by atoms with Gasteiger partial charge in [0, 0.05) is 32.1 Å². The van der Waals surface area contributed by atoms with Crippen molar-refractivity contribution in [3.05, 3.63) is 42.2 Å². The average Bonchev–Trinajstić information content (AvgIpc) is 2.82. The Balaban J connectivity index is 1.47. The quantitative estimate of drug-likeness (QED) is 0.594. The minimum absolute atomic E-state index is 0.0173. The maximum atomic E-state index is 12.5. The molecule has 2 heterocycles. The molecular weight excluding hydrogens is 390 g/mol. The van der Waals surface area contributed by atoms with E-state index in [4.69, 9.17) is 4.74 Å². The van der Waals surface area contributed by atoms with Gasteiger partial charge in [0.05, 0.1) is 13.2 Å². The zero-order valence-corrected chi connectivity index (χ0v) is 18.9. The molecule has 31 heavy (non-hydrogen) atoms. The fourth-order valence-electron chi connectivity index (χ4n) is 4.00. The van der Waals surface area contributed by atoms with Crippen LogP contribution in [0.1, 0.15) is 57.6 Å². The second-order valence-electron chi connectivity index (χ2n) is 8.24. The SMILES string of the molecule is CCCNc1cc(N2CCC[C@@H](CCC(=O)N[C@H](C)c3ccc(OC)cc3)C2)ncn1. The highest BCUT2D eigenvalue weighted by Gasteiger charge is 2.22. The molecule has 2 aromatic rings. The summed E-state index contributed by atoms with van der Waals surface area (Å²) in [5.74, 6) is 3.27. The van der Waals surface area contributed by atoms with Gasteiger partial charge in [-0.2, -0.15) is 0 Å². The van der Waals surface area contributed by atoms with E-state index < -0.39 is 0 Å². The van der Waals surface area contributed by atoms with E-state index >= 15 is 0 Å². The van der Waals surface area contributed by atoms with E-state index in [1.807, 2.05) is 37.3 Å². The van der Waals surface area contributed by atoms with Gasteiger partial charge >= 0.3 is 0 Å². The first kappa shape index (κ1) is 22.8. The molecule has 0 radical (unpaired) electrons. The van der Waals surface area contributed by atoms with Crippen molar-refractivity contribution in [3.8, 4) is 5.75 Å². The Labute approximate surface area is 185 Å². The molecule has 1 aromatic heterocycles. The Bertz CT molecular complexity index is 827. The summed E-state index contributed by atoms with van der Waals surface area (Å²) in [6.45, 7) is 7.00. The molecule has 1 aliphatic rings. The molecule has 1 fully saturated rings. The van der Waals surface area contributed by atoms with Gasteiger partial charge in [0.2, 0.25) is 5.91 Å². The minimum Gasteiger partial charge on any atom is -0.497 e. The standard InChI is InChI=1S/C24H35N5O2/c1-4-13-25-22-15-23(27-17-26-22)29-14-5-6-19(16-29)7-12-24(30)28-18(2)20-8-10-21(31-3)11-9-20/h8-11,15,17-19H,4-7,12-14,16H2,1-3H3,(H,28,30)(H,25,26,27)/t18-,19+/m1/s1. The number of amides is 1. The number of piperidine rings is 1. The first-order chi connectivity index (χ1) is 15.1. The Hall–Kier alpha value is -2.83. The van der Waals surface area contributed by atoms with E-state index in [0.29, 0.717) is 12.3 Å². The summed E-state index contributed by atoms with van der Waals surface area (Å²) in [7, 11) is 1.65. The highest BCUT2D eigenvalue weighted by atomic mass is 16.5. The molecule has 1 aliphatic heterocycles. The number of aromatic nitrogens is 2. The van der Waals surface area contributed by atoms with Gasteiger partial charge in [0.25, 0.3) is 0 Å². The van der Waals surface area contributed by atoms with E-state index in [9.17, 15) is 4.79 Å². The number of carbonyl (C=O) groups excluding carboxylic acids is 1. The number of nitrogens with one attached hydrogen (secondary N) is 2. The van der Waals surface area contributed by atoms with Gasteiger partial charge in [-0.1, -0.05) is 19.1 Å². The van der Waals surface area contributed by atoms with Gasteiger partial charge < -0.3 is 20.3 Å². The summed E-state index contributed by atoms with van der Waals surface area (Å²) in [5.41, 5.74) is 1.08. The van der Waals surface area contributed by atoms with E-state index in [1.165, 1.54) is 0 Å². The van der Waals surface area contributed by atoms with E-state index in [0.717, 1.165) is 68.3 Å². The molecule has 2 N–H and O–H groups in total. The molecule has 2 atom stereocenters.